The van der Waals surface area contributed by atoms with Crippen LogP contribution in [0, 0.1) is 0 Å². The van der Waals surface area contributed by atoms with E-state index in [1.165, 1.54) is 11.3 Å². The average molecular weight is 240 g/mol. The second kappa shape index (κ2) is 4.28. The Balaban J connectivity index is 2.42. The fourth-order valence-electron chi connectivity index (χ4n) is 1.31. The minimum atomic E-state index is 0.221. The van der Waals surface area contributed by atoms with Crippen LogP contribution in [0.3, 0.4) is 0 Å². The van der Waals surface area contributed by atoms with Gasteiger partial charge in [-0.15, -0.1) is 11.8 Å². The van der Waals surface area contributed by atoms with Crippen LogP contribution >= 0.6 is 23.1 Å². The maximum Gasteiger partial charge on any atom is 0.181 e. The van der Waals surface area contributed by atoms with Crippen LogP contribution in [0.2, 0.25) is 0 Å². The summed E-state index contributed by atoms with van der Waals surface area (Å²) >= 11 is 3.14. The number of benzene rings is 1. The van der Waals surface area contributed by atoms with Crippen molar-refractivity contribution in [1.82, 2.24) is 4.98 Å². The Morgan fingerprint density at radius 3 is 3.07 bits per heavy atom. The molecule has 2 rings (SSSR count). The van der Waals surface area contributed by atoms with E-state index in [-0.39, 0.29) is 5.75 Å². The van der Waals surface area contributed by atoms with Crippen molar-refractivity contribution in [2.45, 2.75) is 18.2 Å². The summed E-state index contributed by atoms with van der Waals surface area (Å²) in [6.07, 6.45) is 1.12. The van der Waals surface area contributed by atoms with Gasteiger partial charge in [0.15, 0.2) is 5.13 Å². The Morgan fingerprint density at radius 1 is 1.53 bits per heavy atom. The highest BCUT2D eigenvalue weighted by atomic mass is 32.2. The van der Waals surface area contributed by atoms with Crippen molar-refractivity contribution in [2.24, 2.45) is 0 Å². The van der Waals surface area contributed by atoms with Crippen LogP contribution in [0.15, 0.2) is 17.0 Å². The Hall–Kier alpha value is -0.940. The van der Waals surface area contributed by atoms with Gasteiger partial charge in [0, 0.05) is 4.90 Å². The number of phenolic OH excluding ortho intramolecular Hbond substituents is 1. The van der Waals surface area contributed by atoms with Crippen molar-refractivity contribution < 1.29 is 5.11 Å². The number of nitrogen functional groups attached to an aromatic ring is 1. The third kappa shape index (κ3) is 2.18. The molecule has 3 nitrogen and oxygen atoms in total. The predicted molar refractivity (Wildman–Crippen MR) is 66.7 cm³/mol. The quantitative estimate of drug-likeness (QED) is 0.809. The number of phenols is 1. The first-order chi connectivity index (χ1) is 7.20. The lowest BCUT2D eigenvalue weighted by atomic mass is 10.3. The Morgan fingerprint density at radius 2 is 2.33 bits per heavy atom. The summed E-state index contributed by atoms with van der Waals surface area (Å²) in [5, 5.41) is 10.2. The predicted octanol–water partition coefficient (Wildman–Crippen LogP) is 3.09. The second-order valence-electron chi connectivity index (χ2n) is 3.19. The zero-order chi connectivity index (χ0) is 10.8. The molecule has 0 aliphatic carbocycles. The summed E-state index contributed by atoms with van der Waals surface area (Å²) in [6, 6.07) is 3.78. The van der Waals surface area contributed by atoms with Crippen molar-refractivity contribution in [3.05, 3.63) is 12.1 Å². The molecule has 0 amide bonds. The maximum atomic E-state index is 9.74. The number of nitrogens with zero attached hydrogens (tertiary/aromatic N) is 1. The molecule has 0 saturated carbocycles. The molecule has 0 aliphatic heterocycles. The average Bonchev–Trinajstić information content (AvgIpc) is 2.56. The SMILES string of the molecule is CCCSc1cc(O)c2nc(N)sc2c1. The molecule has 1 aromatic heterocycles. The van der Waals surface area contributed by atoms with Gasteiger partial charge in [0.25, 0.3) is 0 Å². The normalized spacial score (nSPS) is 11.0. The fraction of sp³-hybridized carbons (Fsp3) is 0.300. The molecular weight excluding hydrogens is 228 g/mol. The highest BCUT2D eigenvalue weighted by Gasteiger charge is 2.08. The summed E-state index contributed by atoms with van der Waals surface area (Å²) in [7, 11) is 0. The van der Waals surface area contributed by atoms with Crippen LogP contribution in [-0.4, -0.2) is 15.8 Å². The van der Waals surface area contributed by atoms with E-state index < -0.39 is 0 Å². The molecule has 0 unspecified atom stereocenters. The minimum Gasteiger partial charge on any atom is -0.506 e. The van der Waals surface area contributed by atoms with E-state index in [1.807, 2.05) is 6.07 Å². The van der Waals surface area contributed by atoms with Crippen molar-refractivity contribution >= 4 is 38.4 Å². The lowest BCUT2D eigenvalue weighted by Gasteiger charge is -2.00. The van der Waals surface area contributed by atoms with Gasteiger partial charge in [0.2, 0.25) is 0 Å². The first-order valence-electron chi connectivity index (χ1n) is 4.72. The number of fused-ring (bicyclic) bond motifs is 1. The van der Waals surface area contributed by atoms with Crippen molar-refractivity contribution in [2.75, 3.05) is 11.5 Å². The van der Waals surface area contributed by atoms with Gasteiger partial charge in [0.1, 0.15) is 11.3 Å². The lowest BCUT2D eigenvalue weighted by molar-refractivity contribution is 0.479. The first-order valence-corrected chi connectivity index (χ1v) is 6.52. The van der Waals surface area contributed by atoms with Gasteiger partial charge < -0.3 is 10.8 Å². The van der Waals surface area contributed by atoms with Crippen LogP contribution in [0.25, 0.3) is 10.2 Å². The number of thioether (sulfide) groups is 1. The van der Waals surface area contributed by atoms with Crippen LogP contribution in [-0.2, 0) is 0 Å². The second-order valence-corrected chi connectivity index (χ2v) is 5.42. The van der Waals surface area contributed by atoms with E-state index >= 15 is 0 Å². The van der Waals surface area contributed by atoms with Gasteiger partial charge in [-0.2, -0.15) is 0 Å². The van der Waals surface area contributed by atoms with Crippen molar-refractivity contribution in [1.29, 1.82) is 0 Å². The van der Waals surface area contributed by atoms with E-state index in [0.29, 0.717) is 10.6 Å². The monoisotopic (exact) mass is 240 g/mol. The summed E-state index contributed by atoms with van der Waals surface area (Å²) in [6.45, 7) is 2.13. The number of aromatic nitrogens is 1. The molecule has 0 aliphatic rings. The number of aromatic hydroxyl groups is 1. The third-order valence-electron chi connectivity index (χ3n) is 1.94. The summed E-state index contributed by atoms with van der Waals surface area (Å²) < 4.78 is 0.950. The summed E-state index contributed by atoms with van der Waals surface area (Å²) in [5.41, 5.74) is 6.21. The molecule has 15 heavy (non-hydrogen) atoms. The summed E-state index contributed by atoms with van der Waals surface area (Å²) in [4.78, 5) is 5.15. The first kappa shape index (κ1) is 10.6. The van der Waals surface area contributed by atoms with Crippen LogP contribution in [0.5, 0.6) is 5.75 Å². The molecule has 80 valence electrons. The Kier molecular flexibility index (Phi) is 3.02. The Labute approximate surface area is 96.3 Å². The standard InChI is InChI=1S/C10H12N2OS2/c1-2-3-14-6-4-7(13)9-8(5-6)15-10(11)12-9/h4-5,13H,2-3H2,1H3,(H2,11,12). The largest absolute Gasteiger partial charge is 0.506 e. The molecule has 3 N–H and O–H groups in total. The highest BCUT2D eigenvalue weighted by Crippen LogP contribution is 2.35. The molecule has 1 aromatic carbocycles. The third-order valence-corrected chi connectivity index (χ3v) is 3.95. The zero-order valence-electron chi connectivity index (χ0n) is 8.36. The fourth-order valence-corrected chi connectivity index (χ4v) is 3.01. The lowest BCUT2D eigenvalue weighted by Crippen LogP contribution is -1.80. The maximum absolute atomic E-state index is 9.74. The molecule has 0 fully saturated rings. The van der Waals surface area contributed by atoms with Gasteiger partial charge in [0.05, 0.1) is 4.70 Å². The molecule has 2 aromatic rings. The van der Waals surface area contributed by atoms with E-state index in [1.54, 1.807) is 17.8 Å². The van der Waals surface area contributed by atoms with E-state index in [0.717, 1.165) is 21.8 Å². The topological polar surface area (TPSA) is 59.1 Å². The minimum absolute atomic E-state index is 0.221. The number of anilines is 1. The van der Waals surface area contributed by atoms with Gasteiger partial charge >= 0.3 is 0 Å². The van der Waals surface area contributed by atoms with Crippen LogP contribution in [0.4, 0.5) is 5.13 Å². The smallest absolute Gasteiger partial charge is 0.181 e. The van der Waals surface area contributed by atoms with Crippen LogP contribution < -0.4 is 5.73 Å². The van der Waals surface area contributed by atoms with E-state index in [2.05, 4.69) is 11.9 Å². The molecule has 0 bridgehead atoms. The van der Waals surface area contributed by atoms with Crippen molar-refractivity contribution in [3.8, 4) is 5.75 Å². The molecule has 0 saturated heterocycles. The molecule has 1 heterocycles. The van der Waals surface area contributed by atoms with E-state index in [4.69, 9.17) is 5.73 Å². The van der Waals surface area contributed by atoms with E-state index in [9.17, 15) is 5.11 Å². The zero-order valence-corrected chi connectivity index (χ0v) is 9.99. The molecular formula is C10H12N2OS2. The molecule has 0 spiro atoms. The molecule has 0 atom stereocenters. The molecule has 0 radical (unpaired) electrons. The number of hydrogen-bond donors (Lipinski definition) is 2. The van der Waals surface area contributed by atoms with Gasteiger partial charge in [-0.3, -0.25) is 0 Å². The molecule has 5 heteroatoms. The highest BCUT2D eigenvalue weighted by molar-refractivity contribution is 7.99. The number of rotatable bonds is 3. The number of nitrogens with two attached hydrogens (primary N) is 1. The van der Waals surface area contributed by atoms with Gasteiger partial charge in [-0.05, 0) is 24.3 Å². The number of thiazole rings is 1. The Bertz CT molecular complexity index is 481. The number of hydrogen-bond acceptors (Lipinski definition) is 5. The summed E-state index contributed by atoms with van der Waals surface area (Å²) in [5.74, 6) is 1.28. The van der Waals surface area contributed by atoms with Gasteiger partial charge in [-0.25, -0.2) is 4.98 Å². The van der Waals surface area contributed by atoms with Gasteiger partial charge in [-0.1, -0.05) is 18.3 Å². The van der Waals surface area contributed by atoms with Crippen LogP contribution in [0.1, 0.15) is 13.3 Å². The van der Waals surface area contributed by atoms with Crippen molar-refractivity contribution in [3.63, 3.8) is 0 Å².